The number of aryl methyl sites for hydroxylation is 2. The van der Waals surface area contributed by atoms with Gasteiger partial charge >= 0.3 is 0 Å². The van der Waals surface area contributed by atoms with E-state index in [0.29, 0.717) is 11.5 Å². The van der Waals surface area contributed by atoms with Crippen LogP contribution in [0.15, 0.2) is 53.1 Å². The summed E-state index contributed by atoms with van der Waals surface area (Å²) in [5.41, 5.74) is 7.02. The summed E-state index contributed by atoms with van der Waals surface area (Å²) in [4.78, 5) is 0. The van der Waals surface area contributed by atoms with E-state index in [1.165, 1.54) is 43.2 Å². The lowest BCUT2D eigenvalue weighted by molar-refractivity contribution is -0.660. The first kappa shape index (κ1) is 17.9. The van der Waals surface area contributed by atoms with E-state index in [2.05, 4.69) is 61.1 Å². The molecule has 4 aromatic rings. The van der Waals surface area contributed by atoms with E-state index >= 15 is 0 Å². The van der Waals surface area contributed by atoms with Crippen molar-refractivity contribution in [2.45, 2.75) is 44.9 Å². The molecule has 2 aromatic carbocycles. The predicted octanol–water partition coefficient (Wildman–Crippen LogP) is 6.31. The van der Waals surface area contributed by atoms with E-state index in [9.17, 15) is 5.26 Å². The molecule has 0 amide bonds. The number of hydrogen-bond donors (Lipinski definition) is 0. The van der Waals surface area contributed by atoms with Crippen LogP contribution < -0.4 is 4.57 Å². The smallest absolute Gasteiger partial charge is 0.216 e. The lowest BCUT2D eigenvalue weighted by Gasteiger charge is -2.22. The van der Waals surface area contributed by atoms with Gasteiger partial charge in [0.2, 0.25) is 5.69 Å². The molecule has 0 saturated heterocycles. The first-order chi connectivity index (χ1) is 14.2. The summed E-state index contributed by atoms with van der Waals surface area (Å²) in [6.07, 6.45) is 8.40. The number of pyridine rings is 1. The fraction of sp³-hybridized carbons (Fsp3) is 0.308. The summed E-state index contributed by atoms with van der Waals surface area (Å²) in [6.45, 7) is 2.13. The molecule has 0 spiro atoms. The van der Waals surface area contributed by atoms with Gasteiger partial charge in [-0.05, 0) is 48.9 Å². The molecule has 3 nitrogen and oxygen atoms in total. The van der Waals surface area contributed by atoms with Crippen molar-refractivity contribution in [3.05, 3.63) is 65.4 Å². The highest BCUT2D eigenvalue weighted by atomic mass is 16.3. The van der Waals surface area contributed by atoms with E-state index in [1.54, 1.807) is 0 Å². The fourth-order valence-corrected chi connectivity index (χ4v) is 5.01. The van der Waals surface area contributed by atoms with Crippen LogP contribution in [0.5, 0.6) is 0 Å². The van der Waals surface area contributed by atoms with Crippen LogP contribution in [0.3, 0.4) is 0 Å². The fourth-order valence-electron chi connectivity index (χ4n) is 5.01. The molecule has 1 aliphatic carbocycles. The molecule has 0 N–H and O–H groups in total. The van der Waals surface area contributed by atoms with E-state index in [1.807, 2.05) is 12.1 Å². The average Bonchev–Trinajstić information content (AvgIpc) is 3.14. The quantitative estimate of drug-likeness (QED) is 0.382. The van der Waals surface area contributed by atoms with E-state index in [-0.39, 0.29) is 0 Å². The van der Waals surface area contributed by atoms with Gasteiger partial charge in [-0.15, -0.1) is 0 Å². The second-order valence-corrected chi connectivity index (χ2v) is 8.29. The maximum absolute atomic E-state index is 9.73. The SMILES string of the molecule is Cc1ccc2c(oc3c(C#N)ccc(C4CCCCC4)c32)c1-c1cccc[n+]1C. The highest BCUT2D eigenvalue weighted by Gasteiger charge is 2.25. The number of hydrogen-bond acceptors (Lipinski definition) is 2. The maximum atomic E-state index is 9.73. The summed E-state index contributed by atoms with van der Waals surface area (Å²) in [6, 6.07) is 17.1. The molecule has 5 rings (SSSR count). The topological polar surface area (TPSA) is 40.8 Å². The third kappa shape index (κ3) is 2.83. The third-order valence-electron chi connectivity index (χ3n) is 6.51. The van der Waals surface area contributed by atoms with Crippen LogP contribution in [0.25, 0.3) is 33.2 Å². The molecule has 0 bridgehead atoms. The molecule has 0 unspecified atom stereocenters. The van der Waals surface area contributed by atoms with Crippen LogP contribution >= 0.6 is 0 Å². The summed E-state index contributed by atoms with van der Waals surface area (Å²) in [5, 5.41) is 12.0. The lowest BCUT2D eigenvalue weighted by atomic mass is 9.82. The molecule has 0 atom stereocenters. The minimum atomic E-state index is 0.553. The van der Waals surface area contributed by atoms with Crippen molar-refractivity contribution < 1.29 is 8.98 Å². The lowest BCUT2D eigenvalue weighted by Crippen LogP contribution is -2.30. The molecule has 0 radical (unpaired) electrons. The number of furan rings is 1. The minimum Gasteiger partial charge on any atom is -0.454 e. The monoisotopic (exact) mass is 381 g/mol. The number of benzene rings is 2. The van der Waals surface area contributed by atoms with Gasteiger partial charge in [-0.2, -0.15) is 5.26 Å². The Bertz CT molecular complexity index is 1270. The van der Waals surface area contributed by atoms with Crippen molar-refractivity contribution in [3.63, 3.8) is 0 Å². The summed E-state index contributed by atoms with van der Waals surface area (Å²) in [7, 11) is 2.06. The molecule has 0 aliphatic heterocycles. The van der Waals surface area contributed by atoms with Crippen molar-refractivity contribution in [1.82, 2.24) is 0 Å². The molecule has 2 heterocycles. The van der Waals surface area contributed by atoms with Crippen LogP contribution in [-0.4, -0.2) is 0 Å². The Labute approximate surface area is 171 Å². The van der Waals surface area contributed by atoms with Crippen molar-refractivity contribution in [2.75, 3.05) is 0 Å². The maximum Gasteiger partial charge on any atom is 0.216 e. The molecular formula is C26H25N2O+. The van der Waals surface area contributed by atoms with E-state index < -0.39 is 0 Å². The summed E-state index contributed by atoms with van der Waals surface area (Å²) >= 11 is 0. The van der Waals surface area contributed by atoms with E-state index in [4.69, 9.17) is 4.42 Å². The molecule has 1 saturated carbocycles. The number of aromatic nitrogens is 1. The second-order valence-electron chi connectivity index (χ2n) is 8.29. The molecule has 29 heavy (non-hydrogen) atoms. The zero-order chi connectivity index (χ0) is 20.0. The van der Waals surface area contributed by atoms with Gasteiger partial charge in [-0.1, -0.05) is 37.5 Å². The standard InChI is InChI=1S/C26H25N2O/c1-17-11-13-21-24-20(18-8-4-3-5-9-18)14-12-19(16-27)25(24)29-26(21)23(17)22-10-6-7-15-28(22)2/h6-7,10-15,18H,3-5,8-9H2,1-2H3/q+1. The third-order valence-corrected chi connectivity index (χ3v) is 6.51. The Morgan fingerprint density at radius 1 is 1.00 bits per heavy atom. The first-order valence-corrected chi connectivity index (χ1v) is 10.5. The predicted molar refractivity (Wildman–Crippen MR) is 116 cm³/mol. The Morgan fingerprint density at radius 2 is 1.83 bits per heavy atom. The van der Waals surface area contributed by atoms with Crippen molar-refractivity contribution in [2.24, 2.45) is 7.05 Å². The highest BCUT2D eigenvalue weighted by molar-refractivity contribution is 6.12. The summed E-state index contributed by atoms with van der Waals surface area (Å²) < 4.78 is 8.62. The Hall–Kier alpha value is -3.12. The van der Waals surface area contributed by atoms with Crippen LogP contribution in [0.2, 0.25) is 0 Å². The molecule has 144 valence electrons. The largest absolute Gasteiger partial charge is 0.454 e. The number of fused-ring (bicyclic) bond motifs is 3. The van der Waals surface area contributed by atoms with Crippen LogP contribution in [0.4, 0.5) is 0 Å². The number of nitrogens with zero attached hydrogens (tertiary/aromatic N) is 2. The Morgan fingerprint density at radius 3 is 2.59 bits per heavy atom. The Balaban J connectivity index is 1.88. The van der Waals surface area contributed by atoms with Gasteiger partial charge in [0.05, 0.1) is 11.1 Å². The molecular weight excluding hydrogens is 356 g/mol. The molecule has 1 fully saturated rings. The minimum absolute atomic E-state index is 0.553. The first-order valence-electron chi connectivity index (χ1n) is 10.5. The second kappa shape index (κ2) is 7.04. The van der Waals surface area contributed by atoms with Gasteiger partial charge in [-0.25, -0.2) is 4.57 Å². The Kier molecular flexibility index (Phi) is 4.36. The van der Waals surface area contributed by atoms with Crippen LogP contribution in [-0.2, 0) is 7.05 Å². The molecule has 2 aromatic heterocycles. The van der Waals surface area contributed by atoms with Gasteiger partial charge in [0, 0.05) is 22.9 Å². The van der Waals surface area contributed by atoms with Gasteiger partial charge in [0.25, 0.3) is 0 Å². The van der Waals surface area contributed by atoms with Crippen molar-refractivity contribution in [3.8, 4) is 17.3 Å². The molecule has 1 aliphatic rings. The zero-order valence-electron chi connectivity index (χ0n) is 17.0. The van der Waals surface area contributed by atoms with Crippen molar-refractivity contribution in [1.29, 1.82) is 5.26 Å². The summed E-state index contributed by atoms with van der Waals surface area (Å²) in [5.74, 6) is 0.553. The van der Waals surface area contributed by atoms with Crippen molar-refractivity contribution >= 4 is 21.9 Å². The van der Waals surface area contributed by atoms with Crippen LogP contribution in [0, 0.1) is 18.3 Å². The van der Waals surface area contributed by atoms with E-state index in [0.717, 1.165) is 33.2 Å². The van der Waals surface area contributed by atoms with Crippen LogP contribution in [0.1, 0.15) is 54.7 Å². The van der Waals surface area contributed by atoms with Gasteiger partial charge < -0.3 is 4.42 Å². The normalized spacial score (nSPS) is 15.1. The van der Waals surface area contributed by atoms with Gasteiger partial charge in [0.1, 0.15) is 18.7 Å². The number of rotatable bonds is 2. The number of nitriles is 1. The van der Waals surface area contributed by atoms with Gasteiger partial charge in [0.15, 0.2) is 11.8 Å². The molecule has 3 heteroatoms. The van der Waals surface area contributed by atoms with Gasteiger partial charge in [-0.3, -0.25) is 0 Å². The zero-order valence-corrected chi connectivity index (χ0v) is 17.0. The average molecular weight is 381 g/mol. The highest BCUT2D eigenvalue weighted by Crippen LogP contribution is 2.43.